The molecule has 0 aromatic heterocycles. The van der Waals surface area contributed by atoms with E-state index in [9.17, 15) is 9.59 Å². The van der Waals surface area contributed by atoms with Crippen LogP contribution in [0.5, 0.6) is 0 Å². The van der Waals surface area contributed by atoms with Crippen LogP contribution in [-0.2, 0) is 4.79 Å². The van der Waals surface area contributed by atoms with E-state index < -0.39 is 17.5 Å². The van der Waals surface area contributed by atoms with Gasteiger partial charge in [-0.25, -0.2) is 9.59 Å². The number of nitrogens with one attached hydrogen (secondary N) is 2. The Hall–Kier alpha value is -1.30. The molecule has 0 heterocycles. The monoisotopic (exact) mass is 217 g/mol. The van der Waals surface area contributed by atoms with Crippen molar-refractivity contribution in [1.29, 1.82) is 0 Å². The van der Waals surface area contributed by atoms with E-state index in [-0.39, 0.29) is 0 Å². The third kappa shape index (κ3) is 5.90. The van der Waals surface area contributed by atoms with Crippen LogP contribution in [0.1, 0.15) is 13.8 Å². The Bertz CT molecular complexity index is 239. The van der Waals surface area contributed by atoms with Crippen LogP contribution in [-0.4, -0.2) is 54.7 Å². The molecule has 0 bridgehead atoms. The van der Waals surface area contributed by atoms with Crippen molar-refractivity contribution >= 4 is 12.0 Å². The summed E-state index contributed by atoms with van der Waals surface area (Å²) in [7, 11) is 3.78. The minimum atomic E-state index is -1.25. The first kappa shape index (κ1) is 13.7. The van der Waals surface area contributed by atoms with Crippen LogP contribution in [0.15, 0.2) is 0 Å². The number of amides is 2. The molecule has 3 N–H and O–H groups in total. The number of hydrogen-bond acceptors (Lipinski definition) is 3. The Balaban J connectivity index is 3.89. The summed E-state index contributed by atoms with van der Waals surface area (Å²) in [6.45, 7) is 4.05. The summed E-state index contributed by atoms with van der Waals surface area (Å²) in [6.07, 6.45) is 0. The van der Waals surface area contributed by atoms with Crippen molar-refractivity contribution in [3.8, 4) is 0 Å². The minimum Gasteiger partial charge on any atom is -0.480 e. The van der Waals surface area contributed by atoms with Gasteiger partial charge in [0.05, 0.1) is 0 Å². The van der Waals surface area contributed by atoms with Crippen molar-refractivity contribution < 1.29 is 14.7 Å². The summed E-state index contributed by atoms with van der Waals surface area (Å²) < 4.78 is 0. The van der Waals surface area contributed by atoms with Crippen molar-refractivity contribution in [2.24, 2.45) is 0 Å². The molecule has 0 aromatic rings. The molecule has 0 aliphatic carbocycles. The smallest absolute Gasteiger partial charge is 0.328 e. The van der Waals surface area contributed by atoms with E-state index >= 15 is 0 Å². The maximum Gasteiger partial charge on any atom is 0.328 e. The van der Waals surface area contributed by atoms with Crippen molar-refractivity contribution in [3.05, 3.63) is 0 Å². The van der Waals surface area contributed by atoms with Gasteiger partial charge in [0, 0.05) is 13.1 Å². The highest BCUT2D eigenvalue weighted by Crippen LogP contribution is 2.00. The number of likely N-dealkylation sites (N-methyl/N-ethyl adjacent to an activating group) is 1. The summed E-state index contributed by atoms with van der Waals surface area (Å²) in [6, 6.07) is -0.468. The van der Waals surface area contributed by atoms with Crippen LogP contribution >= 0.6 is 0 Å². The van der Waals surface area contributed by atoms with E-state index in [0.717, 1.165) is 0 Å². The van der Waals surface area contributed by atoms with E-state index in [4.69, 9.17) is 5.11 Å². The lowest BCUT2D eigenvalue weighted by Crippen LogP contribution is -2.53. The summed E-state index contributed by atoms with van der Waals surface area (Å²) in [5, 5.41) is 13.7. The van der Waals surface area contributed by atoms with Gasteiger partial charge >= 0.3 is 12.0 Å². The molecule has 0 aliphatic heterocycles. The first-order valence-corrected chi connectivity index (χ1v) is 4.70. The lowest BCUT2D eigenvalue weighted by molar-refractivity contribution is -0.142. The molecule has 2 amide bonds. The number of urea groups is 1. The number of carboxylic acid groups (broad SMARTS) is 1. The number of carboxylic acids is 1. The van der Waals surface area contributed by atoms with E-state index in [0.29, 0.717) is 13.1 Å². The number of nitrogens with zero attached hydrogens (tertiary/aromatic N) is 1. The van der Waals surface area contributed by atoms with Crippen LogP contribution in [0, 0.1) is 0 Å². The lowest BCUT2D eigenvalue weighted by Gasteiger charge is -2.21. The van der Waals surface area contributed by atoms with Gasteiger partial charge in [0.1, 0.15) is 5.54 Å². The van der Waals surface area contributed by atoms with Crippen molar-refractivity contribution in [2.75, 3.05) is 27.2 Å². The van der Waals surface area contributed by atoms with E-state index in [1.54, 1.807) is 0 Å². The average molecular weight is 217 g/mol. The van der Waals surface area contributed by atoms with Crippen molar-refractivity contribution in [1.82, 2.24) is 15.5 Å². The number of hydrogen-bond donors (Lipinski definition) is 3. The molecular weight excluding hydrogens is 198 g/mol. The molecule has 6 nitrogen and oxygen atoms in total. The number of carbonyl (C=O) groups is 2. The van der Waals surface area contributed by atoms with Gasteiger partial charge in [-0.15, -0.1) is 0 Å². The predicted octanol–water partition coefficient (Wildman–Crippen LogP) is -0.290. The van der Waals surface area contributed by atoms with Gasteiger partial charge in [0.15, 0.2) is 0 Å². The van der Waals surface area contributed by atoms with E-state index in [1.807, 2.05) is 19.0 Å². The zero-order chi connectivity index (χ0) is 12.1. The molecule has 0 aliphatic rings. The minimum absolute atomic E-state index is 0.468. The Morgan fingerprint density at radius 1 is 1.33 bits per heavy atom. The fourth-order valence-electron chi connectivity index (χ4n) is 0.775. The second-order valence-electron chi connectivity index (χ2n) is 4.11. The van der Waals surface area contributed by atoms with Crippen LogP contribution in [0.2, 0.25) is 0 Å². The van der Waals surface area contributed by atoms with Crippen LogP contribution in [0.3, 0.4) is 0 Å². The quantitative estimate of drug-likeness (QED) is 0.591. The second-order valence-corrected chi connectivity index (χ2v) is 4.11. The third-order valence-corrected chi connectivity index (χ3v) is 1.81. The molecule has 0 aromatic carbocycles. The molecule has 88 valence electrons. The summed E-state index contributed by atoms with van der Waals surface area (Å²) in [5.41, 5.74) is -1.25. The summed E-state index contributed by atoms with van der Waals surface area (Å²) >= 11 is 0. The van der Waals surface area contributed by atoms with E-state index in [2.05, 4.69) is 10.6 Å². The molecule has 0 unspecified atom stereocenters. The van der Waals surface area contributed by atoms with Gasteiger partial charge < -0.3 is 20.6 Å². The zero-order valence-electron chi connectivity index (χ0n) is 9.63. The van der Waals surface area contributed by atoms with Crippen LogP contribution in [0.4, 0.5) is 4.79 Å². The normalized spacial score (nSPS) is 11.3. The summed E-state index contributed by atoms with van der Waals surface area (Å²) in [5.74, 6) is -1.06. The average Bonchev–Trinajstić information content (AvgIpc) is 2.01. The SMILES string of the molecule is CN(C)CCNC(=O)NC(C)(C)C(=O)O. The molecule has 0 atom stereocenters. The summed E-state index contributed by atoms with van der Waals surface area (Å²) in [4.78, 5) is 23.8. The first-order chi connectivity index (χ1) is 6.75. The van der Waals surface area contributed by atoms with Gasteiger partial charge in [-0.2, -0.15) is 0 Å². The van der Waals surface area contributed by atoms with Gasteiger partial charge in [-0.1, -0.05) is 0 Å². The standard InChI is InChI=1S/C9H19N3O3/c1-9(2,7(13)14)11-8(15)10-5-6-12(3)4/h5-6H2,1-4H3,(H,13,14)(H2,10,11,15). The maximum absolute atomic E-state index is 11.2. The number of rotatable bonds is 5. The van der Waals surface area contributed by atoms with Crippen molar-refractivity contribution in [3.63, 3.8) is 0 Å². The largest absolute Gasteiger partial charge is 0.480 e. The Morgan fingerprint density at radius 3 is 2.27 bits per heavy atom. The van der Waals surface area contributed by atoms with Gasteiger partial charge in [0.25, 0.3) is 0 Å². The Labute approximate surface area is 89.6 Å². The lowest BCUT2D eigenvalue weighted by atomic mass is 10.1. The molecule has 0 saturated carbocycles. The highest BCUT2D eigenvalue weighted by Gasteiger charge is 2.28. The maximum atomic E-state index is 11.2. The number of carbonyl (C=O) groups excluding carboxylic acids is 1. The second kappa shape index (κ2) is 5.55. The molecule has 15 heavy (non-hydrogen) atoms. The fraction of sp³-hybridized carbons (Fsp3) is 0.778. The highest BCUT2D eigenvalue weighted by atomic mass is 16.4. The van der Waals surface area contributed by atoms with Gasteiger partial charge in [0.2, 0.25) is 0 Å². The predicted molar refractivity (Wildman–Crippen MR) is 56.8 cm³/mol. The molecule has 0 rings (SSSR count). The Morgan fingerprint density at radius 2 is 1.87 bits per heavy atom. The van der Waals surface area contributed by atoms with E-state index in [1.165, 1.54) is 13.8 Å². The first-order valence-electron chi connectivity index (χ1n) is 4.70. The van der Waals surface area contributed by atoms with Gasteiger partial charge in [-0.05, 0) is 27.9 Å². The Kier molecular flexibility index (Phi) is 5.07. The highest BCUT2D eigenvalue weighted by molar-refractivity contribution is 5.85. The molecule has 6 heteroatoms. The number of aliphatic carboxylic acids is 1. The fourth-order valence-corrected chi connectivity index (χ4v) is 0.775. The molecule has 0 fully saturated rings. The van der Waals surface area contributed by atoms with Crippen LogP contribution in [0.25, 0.3) is 0 Å². The van der Waals surface area contributed by atoms with Crippen LogP contribution < -0.4 is 10.6 Å². The molecular formula is C9H19N3O3. The molecule has 0 radical (unpaired) electrons. The van der Waals surface area contributed by atoms with Crippen molar-refractivity contribution in [2.45, 2.75) is 19.4 Å². The molecule has 0 spiro atoms. The molecule has 0 saturated heterocycles. The van der Waals surface area contributed by atoms with Gasteiger partial charge in [-0.3, -0.25) is 0 Å². The third-order valence-electron chi connectivity index (χ3n) is 1.81. The topological polar surface area (TPSA) is 81.7 Å². The zero-order valence-corrected chi connectivity index (χ0v) is 9.63.